The predicted octanol–water partition coefficient (Wildman–Crippen LogP) is 3.12. The first-order valence-corrected chi connectivity index (χ1v) is 10.0. The van der Waals surface area contributed by atoms with Crippen molar-refractivity contribution in [1.82, 2.24) is 4.90 Å². The highest BCUT2D eigenvalue weighted by Crippen LogP contribution is 2.27. The SMILES string of the molecule is CCOc1ccc(S(=O)(=O)Nc2cccc(C(=O)N(C)C3CC3)c2)cc1. The summed E-state index contributed by atoms with van der Waals surface area (Å²) in [4.78, 5) is 14.3. The van der Waals surface area contributed by atoms with Crippen LogP contribution in [0.5, 0.6) is 5.75 Å². The number of nitrogens with zero attached hydrogens (tertiary/aromatic N) is 1. The van der Waals surface area contributed by atoms with Crippen molar-refractivity contribution in [3.05, 3.63) is 54.1 Å². The Hall–Kier alpha value is -2.54. The van der Waals surface area contributed by atoms with Gasteiger partial charge in [0.2, 0.25) is 0 Å². The Kier molecular flexibility index (Phi) is 5.18. The third kappa shape index (κ3) is 4.16. The van der Waals surface area contributed by atoms with E-state index in [4.69, 9.17) is 4.74 Å². The van der Waals surface area contributed by atoms with Gasteiger partial charge >= 0.3 is 0 Å². The van der Waals surface area contributed by atoms with Gasteiger partial charge in [-0.05, 0) is 62.2 Å². The monoisotopic (exact) mass is 374 g/mol. The Morgan fingerprint density at radius 2 is 1.88 bits per heavy atom. The average molecular weight is 374 g/mol. The minimum absolute atomic E-state index is 0.102. The fourth-order valence-electron chi connectivity index (χ4n) is 2.64. The fourth-order valence-corrected chi connectivity index (χ4v) is 3.69. The van der Waals surface area contributed by atoms with Crippen LogP contribution in [0, 0.1) is 0 Å². The summed E-state index contributed by atoms with van der Waals surface area (Å²) in [5.41, 5.74) is 0.820. The van der Waals surface area contributed by atoms with Gasteiger partial charge in [-0.25, -0.2) is 8.42 Å². The molecule has 0 unspecified atom stereocenters. The Labute approximate surface area is 153 Å². The largest absolute Gasteiger partial charge is 0.494 e. The maximum atomic E-state index is 12.6. The second kappa shape index (κ2) is 7.37. The van der Waals surface area contributed by atoms with E-state index in [1.807, 2.05) is 6.92 Å². The van der Waals surface area contributed by atoms with Crippen LogP contribution in [0.3, 0.4) is 0 Å². The molecule has 26 heavy (non-hydrogen) atoms. The van der Waals surface area contributed by atoms with Crippen molar-refractivity contribution >= 4 is 21.6 Å². The molecule has 0 atom stereocenters. The number of nitrogens with one attached hydrogen (secondary N) is 1. The standard InChI is InChI=1S/C19H22N2O4S/c1-3-25-17-9-11-18(12-10-17)26(23,24)20-15-6-4-5-14(13-15)19(22)21(2)16-7-8-16/h4-6,9-13,16,20H,3,7-8H2,1-2H3. The minimum atomic E-state index is -3.74. The molecule has 1 N–H and O–H groups in total. The molecule has 0 spiro atoms. The van der Waals surface area contributed by atoms with E-state index in [2.05, 4.69) is 4.72 Å². The van der Waals surface area contributed by atoms with Gasteiger partial charge < -0.3 is 9.64 Å². The average Bonchev–Trinajstić information content (AvgIpc) is 3.46. The van der Waals surface area contributed by atoms with Crippen LogP contribution < -0.4 is 9.46 Å². The van der Waals surface area contributed by atoms with Crippen molar-refractivity contribution in [2.24, 2.45) is 0 Å². The molecule has 1 fully saturated rings. The predicted molar refractivity (Wildman–Crippen MR) is 100.0 cm³/mol. The summed E-state index contributed by atoms with van der Waals surface area (Å²) in [6, 6.07) is 13.1. The molecule has 0 aliphatic heterocycles. The second-order valence-corrected chi connectivity index (χ2v) is 7.92. The normalized spacial score (nSPS) is 13.9. The van der Waals surface area contributed by atoms with Gasteiger partial charge in [0.15, 0.2) is 0 Å². The topological polar surface area (TPSA) is 75.7 Å². The van der Waals surface area contributed by atoms with E-state index in [1.54, 1.807) is 48.3 Å². The molecular weight excluding hydrogens is 352 g/mol. The van der Waals surface area contributed by atoms with Crippen LogP contribution in [0.4, 0.5) is 5.69 Å². The lowest BCUT2D eigenvalue weighted by Crippen LogP contribution is -2.28. The molecule has 0 radical (unpaired) electrons. The molecule has 0 aromatic heterocycles. The van der Waals surface area contributed by atoms with Crippen LogP contribution in [-0.4, -0.2) is 38.9 Å². The molecule has 3 rings (SSSR count). The van der Waals surface area contributed by atoms with Crippen molar-refractivity contribution in [3.8, 4) is 5.75 Å². The van der Waals surface area contributed by atoms with E-state index in [9.17, 15) is 13.2 Å². The van der Waals surface area contributed by atoms with Crippen molar-refractivity contribution < 1.29 is 17.9 Å². The maximum absolute atomic E-state index is 12.6. The molecule has 2 aromatic carbocycles. The van der Waals surface area contributed by atoms with E-state index in [0.717, 1.165) is 12.8 Å². The van der Waals surface area contributed by atoms with Gasteiger partial charge in [0.05, 0.1) is 11.5 Å². The molecule has 6 nitrogen and oxygen atoms in total. The summed E-state index contributed by atoms with van der Waals surface area (Å²) >= 11 is 0. The molecule has 7 heteroatoms. The van der Waals surface area contributed by atoms with E-state index in [1.165, 1.54) is 12.1 Å². The fraction of sp³-hybridized carbons (Fsp3) is 0.316. The lowest BCUT2D eigenvalue weighted by atomic mass is 10.2. The molecule has 2 aromatic rings. The molecule has 0 saturated heterocycles. The molecule has 0 bridgehead atoms. The highest BCUT2D eigenvalue weighted by molar-refractivity contribution is 7.92. The van der Waals surface area contributed by atoms with Gasteiger partial charge in [-0.15, -0.1) is 0 Å². The summed E-state index contributed by atoms with van der Waals surface area (Å²) in [5.74, 6) is 0.511. The van der Waals surface area contributed by atoms with E-state index >= 15 is 0 Å². The molecule has 138 valence electrons. The Morgan fingerprint density at radius 3 is 2.50 bits per heavy atom. The van der Waals surface area contributed by atoms with Crippen molar-refractivity contribution in [1.29, 1.82) is 0 Å². The number of amides is 1. The van der Waals surface area contributed by atoms with Crippen LogP contribution >= 0.6 is 0 Å². The first-order valence-electron chi connectivity index (χ1n) is 8.53. The van der Waals surface area contributed by atoms with Gasteiger partial charge in [-0.1, -0.05) is 6.07 Å². The number of ether oxygens (including phenoxy) is 1. The highest BCUT2D eigenvalue weighted by Gasteiger charge is 2.30. The zero-order valence-corrected chi connectivity index (χ0v) is 15.6. The number of benzene rings is 2. The maximum Gasteiger partial charge on any atom is 0.261 e. The third-order valence-corrected chi connectivity index (χ3v) is 5.62. The molecule has 1 aliphatic rings. The van der Waals surface area contributed by atoms with Crippen LogP contribution in [0.1, 0.15) is 30.1 Å². The number of hydrogen-bond donors (Lipinski definition) is 1. The summed E-state index contributed by atoms with van der Waals surface area (Å²) < 4.78 is 33.0. The van der Waals surface area contributed by atoms with Gasteiger partial charge in [0.1, 0.15) is 5.75 Å². The van der Waals surface area contributed by atoms with E-state index in [0.29, 0.717) is 29.6 Å². The van der Waals surface area contributed by atoms with Gasteiger partial charge in [-0.2, -0.15) is 0 Å². The van der Waals surface area contributed by atoms with Crippen LogP contribution in [0.2, 0.25) is 0 Å². The second-order valence-electron chi connectivity index (χ2n) is 6.24. The third-order valence-electron chi connectivity index (χ3n) is 4.22. The lowest BCUT2D eigenvalue weighted by Gasteiger charge is -2.17. The van der Waals surface area contributed by atoms with Crippen molar-refractivity contribution in [3.63, 3.8) is 0 Å². The Morgan fingerprint density at radius 1 is 1.19 bits per heavy atom. The van der Waals surface area contributed by atoms with Crippen molar-refractivity contribution in [2.45, 2.75) is 30.7 Å². The quantitative estimate of drug-likeness (QED) is 0.808. The van der Waals surface area contributed by atoms with Gasteiger partial charge in [0, 0.05) is 24.3 Å². The zero-order valence-electron chi connectivity index (χ0n) is 14.8. The van der Waals surface area contributed by atoms with E-state index < -0.39 is 10.0 Å². The summed E-state index contributed by atoms with van der Waals surface area (Å²) in [5, 5.41) is 0. The number of carbonyl (C=O) groups is 1. The van der Waals surface area contributed by atoms with Crippen LogP contribution in [0.15, 0.2) is 53.4 Å². The molecular formula is C19H22N2O4S. The van der Waals surface area contributed by atoms with E-state index in [-0.39, 0.29) is 10.8 Å². The van der Waals surface area contributed by atoms with Gasteiger partial charge in [0.25, 0.3) is 15.9 Å². The minimum Gasteiger partial charge on any atom is -0.494 e. The molecule has 0 heterocycles. The first-order chi connectivity index (χ1) is 12.4. The lowest BCUT2D eigenvalue weighted by molar-refractivity contribution is 0.0785. The number of rotatable bonds is 7. The Bertz CT molecular complexity index is 890. The zero-order chi connectivity index (χ0) is 18.7. The number of anilines is 1. The number of sulfonamides is 1. The highest BCUT2D eigenvalue weighted by atomic mass is 32.2. The Balaban J connectivity index is 1.76. The molecule has 1 saturated carbocycles. The number of hydrogen-bond acceptors (Lipinski definition) is 4. The number of carbonyl (C=O) groups excluding carboxylic acids is 1. The van der Waals surface area contributed by atoms with Gasteiger partial charge in [-0.3, -0.25) is 9.52 Å². The summed E-state index contributed by atoms with van der Waals surface area (Å²) in [6.45, 7) is 2.38. The smallest absolute Gasteiger partial charge is 0.261 e. The van der Waals surface area contributed by atoms with Crippen molar-refractivity contribution in [2.75, 3.05) is 18.4 Å². The van der Waals surface area contributed by atoms with Crippen LogP contribution in [0.25, 0.3) is 0 Å². The molecule has 1 aliphatic carbocycles. The first kappa shape index (κ1) is 18.3. The molecule has 1 amide bonds. The van der Waals surface area contributed by atoms with Crippen LogP contribution in [-0.2, 0) is 10.0 Å². The summed E-state index contributed by atoms with van der Waals surface area (Å²) in [6.07, 6.45) is 2.04. The summed E-state index contributed by atoms with van der Waals surface area (Å²) in [7, 11) is -1.97.